The number of halogens is 1. The predicted molar refractivity (Wildman–Crippen MR) is 176 cm³/mol. The number of ketones is 1. The average molecular weight is 664 g/mol. The lowest BCUT2D eigenvalue weighted by atomic mass is 9.95. The van der Waals surface area contributed by atoms with Gasteiger partial charge in [0.15, 0.2) is 15.8 Å². The number of anilines is 1. The van der Waals surface area contributed by atoms with Gasteiger partial charge in [-0.2, -0.15) is 0 Å². The normalized spacial score (nSPS) is 15.7. The highest BCUT2D eigenvalue weighted by Gasteiger charge is 2.48. The van der Waals surface area contributed by atoms with Crippen LogP contribution < -0.4 is 19.1 Å². The highest BCUT2D eigenvalue weighted by atomic mass is 32.2. The van der Waals surface area contributed by atoms with Crippen LogP contribution in [0.4, 0.5) is 9.52 Å². The van der Waals surface area contributed by atoms with Crippen molar-refractivity contribution in [3.8, 4) is 17.2 Å². The van der Waals surface area contributed by atoms with Gasteiger partial charge in [-0.05, 0) is 66.9 Å². The smallest absolute Gasteiger partial charge is 0.301 e. The van der Waals surface area contributed by atoms with Gasteiger partial charge in [-0.1, -0.05) is 67.1 Å². The Kier molecular flexibility index (Phi) is 10.9. The van der Waals surface area contributed by atoms with Crippen LogP contribution >= 0.6 is 23.1 Å². The van der Waals surface area contributed by atoms with Crippen molar-refractivity contribution in [1.29, 1.82) is 0 Å². The zero-order valence-corrected chi connectivity index (χ0v) is 27.3. The minimum Gasteiger partial charge on any atom is -0.507 e. The van der Waals surface area contributed by atoms with Crippen molar-refractivity contribution in [2.45, 2.75) is 49.2 Å². The lowest BCUT2D eigenvalue weighted by molar-refractivity contribution is -0.132. The number of thioether (sulfide) groups is 1. The molecule has 3 aromatic carbocycles. The number of methoxy groups -OCH3 is 1. The number of aliphatic hydroxyl groups excluding tert-OH is 1. The van der Waals surface area contributed by atoms with E-state index in [1.165, 1.54) is 29.8 Å². The van der Waals surface area contributed by atoms with Crippen LogP contribution in [0.2, 0.25) is 0 Å². The number of amides is 1. The molecule has 1 N–H and O–H groups in total. The van der Waals surface area contributed by atoms with Gasteiger partial charge in [0.2, 0.25) is 5.13 Å². The number of nitrogens with zero attached hydrogens (tertiary/aromatic N) is 3. The van der Waals surface area contributed by atoms with E-state index in [2.05, 4.69) is 17.1 Å². The monoisotopic (exact) mass is 663 g/mol. The van der Waals surface area contributed by atoms with Gasteiger partial charge < -0.3 is 19.3 Å². The molecule has 1 saturated heterocycles. The number of hydrogen-bond donors (Lipinski definition) is 1. The van der Waals surface area contributed by atoms with Gasteiger partial charge in [0.1, 0.15) is 17.3 Å². The molecular weight excluding hydrogens is 630 g/mol. The summed E-state index contributed by atoms with van der Waals surface area (Å²) in [7, 11) is 1.53. The molecule has 2 heterocycles. The minimum absolute atomic E-state index is 0.106. The van der Waals surface area contributed by atoms with E-state index in [0.717, 1.165) is 30.6 Å². The van der Waals surface area contributed by atoms with E-state index in [1.807, 2.05) is 6.92 Å². The summed E-state index contributed by atoms with van der Waals surface area (Å²) in [6, 6.07) is 17.2. The molecule has 1 amide bonds. The molecule has 12 heteroatoms. The highest BCUT2D eigenvalue weighted by Crippen LogP contribution is 2.46. The number of carbonyl (C=O) groups is 2. The van der Waals surface area contributed by atoms with Gasteiger partial charge in [0.25, 0.3) is 5.78 Å². The number of aromatic nitrogens is 2. The molecule has 1 unspecified atom stereocenters. The number of unbranched alkanes of at least 4 members (excludes halogenated alkanes) is 2. The fraction of sp³-hybridized carbons (Fsp3) is 0.294. The second kappa shape index (κ2) is 15.2. The summed E-state index contributed by atoms with van der Waals surface area (Å²) in [5.41, 5.74) is 1.24. The first-order chi connectivity index (χ1) is 22.4. The summed E-state index contributed by atoms with van der Waals surface area (Å²) >= 11 is 2.37. The lowest BCUT2D eigenvalue weighted by Gasteiger charge is -2.23. The fourth-order valence-corrected chi connectivity index (χ4v) is 6.83. The van der Waals surface area contributed by atoms with Crippen molar-refractivity contribution < 1.29 is 33.3 Å². The van der Waals surface area contributed by atoms with E-state index in [-0.39, 0.29) is 22.3 Å². The van der Waals surface area contributed by atoms with Crippen LogP contribution in [0.1, 0.15) is 55.8 Å². The fourth-order valence-electron chi connectivity index (χ4n) is 4.98. The van der Waals surface area contributed by atoms with E-state index in [4.69, 9.17) is 14.2 Å². The molecular formula is C34H34FN3O6S2. The molecule has 9 nitrogen and oxygen atoms in total. The van der Waals surface area contributed by atoms with Crippen molar-refractivity contribution >= 4 is 45.7 Å². The van der Waals surface area contributed by atoms with E-state index >= 15 is 0 Å². The first-order valence-corrected chi connectivity index (χ1v) is 16.7. The number of rotatable bonds is 14. The van der Waals surface area contributed by atoms with Crippen LogP contribution in [-0.2, 0) is 15.3 Å². The second-order valence-corrected chi connectivity index (χ2v) is 12.5. The molecule has 1 aliphatic heterocycles. The first-order valence-electron chi connectivity index (χ1n) is 14.9. The summed E-state index contributed by atoms with van der Waals surface area (Å²) < 4.78 is 31.9. The van der Waals surface area contributed by atoms with Gasteiger partial charge >= 0.3 is 5.91 Å². The minimum atomic E-state index is -1.05. The number of carbonyl (C=O) groups excluding carboxylic acids is 2. The number of Topliss-reactive ketones (excluding diaryl/α,β-unsaturated/α-hetero) is 1. The molecule has 1 aliphatic rings. The van der Waals surface area contributed by atoms with E-state index in [9.17, 15) is 19.1 Å². The number of aliphatic hydroxyl groups is 1. The van der Waals surface area contributed by atoms with Crippen LogP contribution in [-0.4, -0.2) is 47.3 Å². The average Bonchev–Trinajstić information content (AvgIpc) is 3.64. The largest absolute Gasteiger partial charge is 0.507 e. The standard InChI is InChI=1S/C34H34FN3O6S2/c1-4-6-9-18-44-26-17-14-22(19-27(26)43-5-2)29-28(30(39)21-12-15-24(42-3)16-13-21)31(40)32(41)38(29)33-36-37-34(46-33)45-20-23-10-7-8-11-25(23)35/h7-8,10-17,19,29,39H,4-6,9,18,20H2,1-3H3. The maximum Gasteiger partial charge on any atom is 0.301 e. The van der Waals surface area contributed by atoms with Gasteiger partial charge in [-0.3, -0.25) is 14.5 Å². The van der Waals surface area contributed by atoms with Crippen molar-refractivity contribution in [2.24, 2.45) is 0 Å². The SMILES string of the molecule is CCCCCOc1ccc(C2C(=C(O)c3ccc(OC)cc3)C(=O)C(=O)N2c2nnc(SCc3ccccc3F)s2)cc1OCC. The molecule has 0 saturated carbocycles. The maximum atomic E-state index is 14.2. The zero-order valence-electron chi connectivity index (χ0n) is 25.7. The topological polar surface area (TPSA) is 111 Å². The Balaban J connectivity index is 1.55. The first kappa shape index (κ1) is 33.0. The summed E-state index contributed by atoms with van der Waals surface area (Å²) in [4.78, 5) is 28.6. The molecule has 0 bridgehead atoms. The highest BCUT2D eigenvalue weighted by molar-refractivity contribution is 8.00. The summed E-state index contributed by atoms with van der Waals surface area (Å²) in [5, 5.41) is 20.1. The third kappa shape index (κ3) is 7.18. The summed E-state index contributed by atoms with van der Waals surface area (Å²) in [6.45, 7) is 4.84. The Morgan fingerprint density at radius 2 is 1.78 bits per heavy atom. The van der Waals surface area contributed by atoms with Crippen LogP contribution in [0.5, 0.6) is 17.2 Å². The van der Waals surface area contributed by atoms with Crippen molar-refractivity contribution in [2.75, 3.05) is 25.2 Å². The molecule has 0 radical (unpaired) electrons. The molecule has 0 aliphatic carbocycles. The van der Waals surface area contributed by atoms with Crippen molar-refractivity contribution in [3.63, 3.8) is 0 Å². The zero-order chi connectivity index (χ0) is 32.6. The Bertz CT molecular complexity index is 1730. The molecule has 240 valence electrons. The summed E-state index contributed by atoms with van der Waals surface area (Å²) in [6.07, 6.45) is 2.98. The van der Waals surface area contributed by atoms with Gasteiger partial charge in [0, 0.05) is 11.3 Å². The summed E-state index contributed by atoms with van der Waals surface area (Å²) in [5.74, 6) is -0.540. The molecule has 46 heavy (non-hydrogen) atoms. The van der Waals surface area contributed by atoms with Crippen LogP contribution in [0.3, 0.4) is 0 Å². The van der Waals surface area contributed by atoms with Crippen LogP contribution in [0, 0.1) is 5.82 Å². The molecule has 4 aromatic rings. The van der Waals surface area contributed by atoms with Gasteiger partial charge in [0.05, 0.1) is 31.9 Å². The number of benzene rings is 3. The molecule has 1 atom stereocenters. The van der Waals surface area contributed by atoms with Gasteiger partial charge in [-0.25, -0.2) is 4.39 Å². The van der Waals surface area contributed by atoms with E-state index < -0.39 is 17.7 Å². The lowest BCUT2D eigenvalue weighted by Crippen LogP contribution is -2.29. The van der Waals surface area contributed by atoms with Crippen LogP contribution in [0.15, 0.2) is 76.6 Å². The van der Waals surface area contributed by atoms with Crippen molar-refractivity contribution in [3.05, 3.63) is 94.8 Å². The number of ether oxygens (including phenoxy) is 3. The van der Waals surface area contributed by atoms with E-state index in [0.29, 0.717) is 57.2 Å². The Morgan fingerprint density at radius 3 is 2.50 bits per heavy atom. The third-order valence-electron chi connectivity index (χ3n) is 7.31. The Labute approximate surface area is 275 Å². The molecule has 1 aromatic heterocycles. The second-order valence-electron chi connectivity index (χ2n) is 10.3. The third-order valence-corrected chi connectivity index (χ3v) is 9.41. The molecule has 0 spiro atoms. The van der Waals surface area contributed by atoms with Gasteiger partial charge in [-0.15, -0.1) is 10.2 Å². The predicted octanol–water partition coefficient (Wildman–Crippen LogP) is 7.57. The molecule has 5 rings (SSSR count). The number of hydrogen-bond acceptors (Lipinski definition) is 10. The van der Waals surface area contributed by atoms with Crippen molar-refractivity contribution in [1.82, 2.24) is 10.2 Å². The quantitative estimate of drug-likeness (QED) is 0.0365. The molecule has 1 fully saturated rings. The maximum absolute atomic E-state index is 14.2. The van der Waals surface area contributed by atoms with E-state index in [1.54, 1.807) is 60.7 Å². The Morgan fingerprint density at radius 1 is 1.00 bits per heavy atom. The van der Waals surface area contributed by atoms with Crippen LogP contribution in [0.25, 0.3) is 5.76 Å². The Hall–Kier alpha value is -4.42.